The van der Waals surface area contributed by atoms with E-state index in [1.54, 1.807) is 0 Å². The first-order chi connectivity index (χ1) is 8.11. The van der Waals surface area contributed by atoms with Gasteiger partial charge in [-0.3, -0.25) is 4.79 Å². The van der Waals surface area contributed by atoms with Gasteiger partial charge in [-0.25, -0.2) is 4.39 Å². The first-order valence-electron chi connectivity index (χ1n) is 5.36. The number of thioether (sulfide) groups is 1. The highest BCUT2D eigenvalue weighted by molar-refractivity contribution is 7.99. The monoisotopic (exact) mass is 257 g/mol. The van der Waals surface area contributed by atoms with E-state index in [1.165, 1.54) is 36.0 Å². The molecule has 0 heterocycles. The molecule has 3 nitrogen and oxygen atoms in total. The van der Waals surface area contributed by atoms with Crippen LogP contribution in [0.4, 0.5) is 10.1 Å². The van der Waals surface area contributed by atoms with Gasteiger partial charge in [0.1, 0.15) is 5.82 Å². The van der Waals surface area contributed by atoms with Gasteiger partial charge in [-0.2, -0.15) is 11.8 Å². The summed E-state index contributed by atoms with van der Waals surface area (Å²) in [5.41, 5.74) is 0.590. The number of nitrogens with one attached hydrogen (secondary N) is 1. The van der Waals surface area contributed by atoms with E-state index in [0.29, 0.717) is 11.4 Å². The number of halogens is 1. The maximum absolute atomic E-state index is 12.6. The number of benzene rings is 1. The number of aliphatic hydroxyl groups excluding tert-OH is 1. The third kappa shape index (κ3) is 5.70. The number of carbonyl (C=O) groups excluding carboxylic acids is 1. The molecule has 94 valence electrons. The molecule has 0 aromatic heterocycles. The van der Waals surface area contributed by atoms with Crippen LogP contribution < -0.4 is 5.32 Å². The number of aliphatic hydroxyl groups is 1. The van der Waals surface area contributed by atoms with Gasteiger partial charge in [0.2, 0.25) is 5.91 Å². The van der Waals surface area contributed by atoms with E-state index in [-0.39, 0.29) is 24.2 Å². The van der Waals surface area contributed by atoms with Crippen LogP contribution in [0.3, 0.4) is 0 Å². The number of carbonyl (C=O) groups is 1. The molecule has 0 saturated heterocycles. The molecule has 0 aliphatic rings. The van der Waals surface area contributed by atoms with Crippen molar-refractivity contribution in [3.63, 3.8) is 0 Å². The van der Waals surface area contributed by atoms with Crippen LogP contribution in [0, 0.1) is 11.7 Å². The second-order valence-corrected chi connectivity index (χ2v) is 4.89. The molecule has 0 aliphatic heterocycles. The van der Waals surface area contributed by atoms with Crippen molar-refractivity contribution in [1.82, 2.24) is 0 Å². The smallest absolute Gasteiger partial charge is 0.234 e. The van der Waals surface area contributed by atoms with Crippen molar-refractivity contribution in [3.05, 3.63) is 30.1 Å². The van der Waals surface area contributed by atoms with E-state index >= 15 is 0 Å². The number of hydrogen-bond donors (Lipinski definition) is 2. The van der Waals surface area contributed by atoms with Crippen LogP contribution in [-0.4, -0.2) is 29.1 Å². The zero-order valence-electron chi connectivity index (χ0n) is 9.65. The molecule has 0 fully saturated rings. The number of anilines is 1. The molecule has 1 rings (SSSR count). The summed E-state index contributed by atoms with van der Waals surface area (Å²) >= 11 is 1.47. The second-order valence-electron chi connectivity index (χ2n) is 3.86. The second kappa shape index (κ2) is 7.29. The summed E-state index contributed by atoms with van der Waals surface area (Å²) in [4.78, 5) is 11.5. The standard InChI is InChI=1S/C12H16FNO2S/c1-9(6-15)7-17-8-12(16)14-11-4-2-10(13)3-5-11/h2-5,9,15H,6-8H2,1H3,(H,14,16). The highest BCUT2D eigenvalue weighted by Crippen LogP contribution is 2.11. The Morgan fingerprint density at radius 3 is 2.71 bits per heavy atom. The van der Waals surface area contributed by atoms with Crippen LogP contribution >= 0.6 is 11.8 Å². The molecule has 1 aromatic rings. The average molecular weight is 257 g/mol. The lowest BCUT2D eigenvalue weighted by Gasteiger charge is -2.07. The quantitative estimate of drug-likeness (QED) is 0.820. The van der Waals surface area contributed by atoms with Gasteiger partial charge in [-0.15, -0.1) is 0 Å². The fraction of sp³-hybridized carbons (Fsp3) is 0.417. The van der Waals surface area contributed by atoms with Crippen LogP contribution in [0.15, 0.2) is 24.3 Å². The Kier molecular flexibility index (Phi) is 6.00. The summed E-state index contributed by atoms with van der Waals surface area (Å²) < 4.78 is 12.6. The topological polar surface area (TPSA) is 49.3 Å². The lowest BCUT2D eigenvalue weighted by Crippen LogP contribution is -2.15. The molecule has 0 aliphatic carbocycles. The van der Waals surface area contributed by atoms with E-state index in [9.17, 15) is 9.18 Å². The fourth-order valence-corrected chi connectivity index (χ4v) is 2.02. The highest BCUT2D eigenvalue weighted by atomic mass is 32.2. The average Bonchev–Trinajstić information content (AvgIpc) is 2.32. The molecule has 5 heteroatoms. The molecule has 2 N–H and O–H groups in total. The van der Waals surface area contributed by atoms with Gasteiger partial charge < -0.3 is 10.4 Å². The van der Waals surface area contributed by atoms with E-state index in [4.69, 9.17) is 5.11 Å². The minimum atomic E-state index is -0.325. The van der Waals surface area contributed by atoms with Crippen LogP contribution in [-0.2, 0) is 4.79 Å². The van der Waals surface area contributed by atoms with Gasteiger partial charge in [-0.05, 0) is 35.9 Å². The van der Waals surface area contributed by atoms with Gasteiger partial charge in [0.15, 0.2) is 0 Å². The maximum Gasteiger partial charge on any atom is 0.234 e. The van der Waals surface area contributed by atoms with Crippen LogP contribution in [0.25, 0.3) is 0 Å². The normalized spacial score (nSPS) is 12.2. The minimum absolute atomic E-state index is 0.119. The summed E-state index contributed by atoms with van der Waals surface area (Å²) in [5.74, 6) is 0.828. The zero-order valence-corrected chi connectivity index (χ0v) is 10.5. The first-order valence-corrected chi connectivity index (χ1v) is 6.51. The molecule has 1 amide bonds. The van der Waals surface area contributed by atoms with Crippen LogP contribution in [0.5, 0.6) is 0 Å². The molecule has 0 saturated carbocycles. The van der Waals surface area contributed by atoms with E-state index < -0.39 is 0 Å². The summed E-state index contributed by atoms with van der Waals surface area (Å²) in [6, 6.07) is 5.65. The Morgan fingerprint density at radius 1 is 1.47 bits per heavy atom. The van der Waals surface area contributed by atoms with Gasteiger partial charge in [-0.1, -0.05) is 6.92 Å². The number of hydrogen-bond acceptors (Lipinski definition) is 3. The first kappa shape index (κ1) is 14.0. The van der Waals surface area contributed by atoms with Gasteiger partial charge in [0.05, 0.1) is 5.75 Å². The van der Waals surface area contributed by atoms with Gasteiger partial charge in [0, 0.05) is 12.3 Å². The van der Waals surface area contributed by atoms with Crippen molar-refractivity contribution < 1.29 is 14.3 Å². The van der Waals surface area contributed by atoms with Crippen molar-refractivity contribution in [2.24, 2.45) is 5.92 Å². The molecule has 1 unspecified atom stereocenters. The van der Waals surface area contributed by atoms with Crippen molar-refractivity contribution in [2.75, 3.05) is 23.4 Å². The van der Waals surface area contributed by atoms with Gasteiger partial charge in [0.25, 0.3) is 0 Å². The van der Waals surface area contributed by atoms with Crippen molar-refractivity contribution in [1.29, 1.82) is 0 Å². The van der Waals surface area contributed by atoms with Crippen molar-refractivity contribution in [2.45, 2.75) is 6.92 Å². The molecule has 0 bridgehead atoms. The maximum atomic E-state index is 12.6. The van der Waals surface area contributed by atoms with E-state index in [1.807, 2.05) is 6.92 Å². The molecule has 1 aromatic carbocycles. The molecule has 17 heavy (non-hydrogen) atoms. The Bertz CT molecular complexity index is 356. The summed E-state index contributed by atoms with van der Waals surface area (Å²) in [5, 5.41) is 11.5. The molecule has 0 spiro atoms. The van der Waals surface area contributed by atoms with Crippen molar-refractivity contribution >= 4 is 23.4 Å². The molecular weight excluding hydrogens is 241 g/mol. The summed E-state index contributed by atoms with van der Waals surface area (Å²) in [7, 11) is 0. The Balaban J connectivity index is 2.27. The number of rotatable bonds is 6. The third-order valence-corrected chi connectivity index (χ3v) is 3.35. The van der Waals surface area contributed by atoms with Crippen LogP contribution in [0.2, 0.25) is 0 Å². The Morgan fingerprint density at radius 2 is 2.12 bits per heavy atom. The summed E-state index contributed by atoms with van der Waals surface area (Å²) in [6.45, 7) is 2.05. The predicted octanol–water partition coefficient (Wildman–Crippen LogP) is 2.13. The third-order valence-electron chi connectivity index (χ3n) is 2.08. The highest BCUT2D eigenvalue weighted by Gasteiger charge is 2.05. The Hall–Kier alpha value is -1.07. The molecule has 1 atom stereocenters. The van der Waals surface area contributed by atoms with E-state index in [0.717, 1.165) is 5.75 Å². The molecular formula is C12H16FNO2S. The lowest BCUT2D eigenvalue weighted by atomic mass is 10.2. The molecule has 0 radical (unpaired) electrons. The Labute approximate surface area is 104 Å². The predicted molar refractivity (Wildman–Crippen MR) is 68.6 cm³/mol. The fourth-order valence-electron chi connectivity index (χ4n) is 1.14. The van der Waals surface area contributed by atoms with E-state index in [2.05, 4.69) is 5.32 Å². The lowest BCUT2D eigenvalue weighted by molar-refractivity contribution is -0.113. The summed E-state index contributed by atoms with van der Waals surface area (Å²) in [6.07, 6.45) is 0. The zero-order chi connectivity index (χ0) is 12.7. The largest absolute Gasteiger partial charge is 0.396 e. The van der Waals surface area contributed by atoms with Crippen LogP contribution in [0.1, 0.15) is 6.92 Å². The SMILES string of the molecule is CC(CO)CSCC(=O)Nc1ccc(F)cc1. The van der Waals surface area contributed by atoms with Gasteiger partial charge >= 0.3 is 0 Å². The number of amides is 1. The van der Waals surface area contributed by atoms with Crippen molar-refractivity contribution in [3.8, 4) is 0 Å². The minimum Gasteiger partial charge on any atom is -0.396 e.